The van der Waals surface area contributed by atoms with E-state index < -0.39 is 16.1 Å². The van der Waals surface area contributed by atoms with E-state index in [1.807, 2.05) is 0 Å². The van der Waals surface area contributed by atoms with Gasteiger partial charge in [-0.05, 0) is 19.1 Å². The number of nitrogens with two attached hydrogens (primary N) is 1. The maximum atomic E-state index is 12.5. The largest absolute Gasteiger partial charge is 0.381 e. The van der Waals surface area contributed by atoms with E-state index in [0.29, 0.717) is 5.65 Å². The Kier molecular flexibility index (Phi) is 3.07. The molecule has 3 aromatic rings. The minimum atomic E-state index is -3.90. The van der Waals surface area contributed by atoms with E-state index in [9.17, 15) is 8.42 Å². The normalized spacial score (nSPS) is 13.6. The van der Waals surface area contributed by atoms with Crippen LogP contribution in [-0.2, 0) is 10.0 Å². The van der Waals surface area contributed by atoms with Crippen LogP contribution in [0.25, 0.3) is 5.65 Å². The second-order valence-electron chi connectivity index (χ2n) is 4.34. The molecular formula is C10H12N8O2S. The van der Waals surface area contributed by atoms with Gasteiger partial charge >= 0.3 is 0 Å². The smallest absolute Gasteiger partial charge is 0.261 e. The van der Waals surface area contributed by atoms with Crippen LogP contribution in [-0.4, -0.2) is 38.4 Å². The second-order valence-corrected chi connectivity index (χ2v) is 5.97. The van der Waals surface area contributed by atoms with Crippen LogP contribution >= 0.6 is 0 Å². The molecule has 0 bridgehead atoms. The van der Waals surface area contributed by atoms with Crippen LogP contribution in [0, 0.1) is 0 Å². The molecule has 0 spiro atoms. The number of hydrogen-bond acceptors (Lipinski definition) is 7. The highest BCUT2D eigenvalue weighted by Crippen LogP contribution is 2.21. The molecule has 3 aromatic heterocycles. The standard InChI is InChI=1S/C10H12N8O2S/c1-6(9-13-16-17-14-9)15-21(19,20)10-8(11)12-7-4-2-3-5-18(7)10/h2-6,15H,11H2,1H3,(H,13,14,16,17). The van der Waals surface area contributed by atoms with Crippen molar-refractivity contribution in [3.05, 3.63) is 30.2 Å². The first-order chi connectivity index (χ1) is 9.99. The van der Waals surface area contributed by atoms with Gasteiger partial charge < -0.3 is 5.73 Å². The zero-order valence-electron chi connectivity index (χ0n) is 10.9. The fraction of sp³-hybridized carbons (Fsp3) is 0.200. The van der Waals surface area contributed by atoms with Gasteiger partial charge in [0, 0.05) is 6.20 Å². The van der Waals surface area contributed by atoms with Gasteiger partial charge in [0.1, 0.15) is 5.65 Å². The van der Waals surface area contributed by atoms with Crippen molar-refractivity contribution in [2.24, 2.45) is 0 Å². The molecule has 0 aliphatic rings. The Hall–Kier alpha value is -2.53. The minimum Gasteiger partial charge on any atom is -0.381 e. The number of H-pyrrole nitrogens is 1. The van der Waals surface area contributed by atoms with Crippen LogP contribution in [0.1, 0.15) is 18.8 Å². The van der Waals surface area contributed by atoms with Crippen molar-refractivity contribution in [2.45, 2.75) is 18.0 Å². The molecule has 3 rings (SSSR count). The molecular weight excluding hydrogens is 296 g/mol. The number of fused-ring (bicyclic) bond motifs is 1. The van der Waals surface area contributed by atoms with Crippen LogP contribution in [0.2, 0.25) is 0 Å². The summed E-state index contributed by atoms with van der Waals surface area (Å²) in [5.74, 6) is 0.153. The van der Waals surface area contributed by atoms with Crippen molar-refractivity contribution >= 4 is 21.5 Å². The summed E-state index contributed by atoms with van der Waals surface area (Å²) in [7, 11) is -3.90. The summed E-state index contributed by atoms with van der Waals surface area (Å²) in [5.41, 5.74) is 6.18. The van der Waals surface area contributed by atoms with Gasteiger partial charge in [0.15, 0.2) is 16.7 Å². The number of sulfonamides is 1. The molecule has 0 aliphatic carbocycles. The van der Waals surface area contributed by atoms with Crippen LogP contribution in [0.4, 0.5) is 5.82 Å². The third kappa shape index (κ3) is 2.32. The Labute approximate surface area is 119 Å². The zero-order chi connectivity index (χ0) is 15.0. The molecule has 4 N–H and O–H groups in total. The summed E-state index contributed by atoms with van der Waals surface area (Å²) >= 11 is 0. The van der Waals surface area contributed by atoms with Gasteiger partial charge in [0.2, 0.25) is 0 Å². The molecule has 0 aromatic carbocycles. The van der Waals surface area contributed by atoms with Gasteiger partial charge in [-0.1, -0.05) is 11.3 Å². The van der Waals surface area contributed by atoms with E-state index in [-0.39, 0.29) is 16.7 Å². The molecule has 21 heavy (non-hydrogen) atoms. The fourth-order valence-corrected chi connectivity index (χ4v) is 3.37. The maximum absolute atomic E-state index is 12.5. The lowest BCUT2D eigenvalue weighted by atomic mass is 10.4. The SMILES string of the molecule is CC(NS(=O)(=O)c1c(N)nc2ccccn12)c1nn[nH]n1. The van der Waals surface area contributed by atoms with Crippen LogP contribution in [0.15, 0.2) is 29.4 Å². The Morgan fingerprint density at radius 2 is 2.24 bits per heavy atom. The monoisotopic (exact) mass is 308 g/mol. The van der Waals surface area contributed by atoms with Crippen molar-refractivity contribution in [1.29, 1.82) is 0 Å². The molecule has 10 nitrogen and oxygen atoms in total. The lowest BCUT2D eigenvalue weighted by Crippen LogP contribution is -2.29. The van der Waals surface area contributed by atoms with E-state index in [2.05, 4.69) is 30.3 Å². The lowest BCUT2D eigenvalue weighted by molar-refractivity contribution is 0.556. The molecule has 3 heterocycles. The summed E-state index contributed by atoms with van der Waals surface area (Å²) in [5, 5.41) is 13.0. The predicted molar refractivity (Wildman–Crippen MR) is 72.5 cm³/mol. The van der Waals surface area contributed by atoms with E-state index in [4.69, 9.17) is 5.73 Å². The number of hydrogen-bond donors (Lipinski definition) is 3. The number of anilines is 1. The van der Waals surface area contributed by atoms with Crippen molar-refractivity contribution < 1.29 is 8.42 Å². The summed E-state index contributed by atoms with van der Waals surface area (Å²) in [6.45, 7) is 1.60. The Morgan fingerprint density at radius 1 is 1.43 bits per heavy atom. The Balaban J connectivity index is 2.03. The number of nitrogen functional groups attached to an aromatic ring is 1. The number of aromatic nitrogens is 6. The number of tetrazole rings is 1. The first kappa shape index (κ1) is 13.5. The van der Waals surface area contributed by atoms with Gasteiger partial charge in [0.25, 0.3) is 10.0 Å². The first-order valence-electron chi connectivity index (χ1n) is 5.97. The van der Waals surface area contributed by atoms with E-state index in [1.54, 1.807) is 31.3 Å². The number of rotatable bonds is 4. The molecule has 11 heteroatoms. The highest BCUT2D eigenvalue weighted by Gasteiger charge is 2.27. The van der Waals surface area contributed by atoms with E-state index in [0.717, 1.165) is 0 Å². The highest BCUT2D eigenvalue weighted by molar-refractivity contribution is 7.89. The molecule has 0 fully saturated rings. The molecule has 0 aliphatic heterocycles. The van der Waals surface area contributed by atoms with Gasteiger partial charge in [-0.25, -0.2) is 13.4 Å². The third-order valence-corrected chi connectivity index (χ3v) is 4.43. The molecule has 1 atom stereocenters. The van der Waals surface area contributed by atoms with E-state index in [1.165, 1.54) is 4.40 Å². The molecule has 0 amide bonds. The number of imidazole rings is 1. The number of nitrogens with zero attached hydrogens (tertiary/aromatic N) is 5. The van der Waals surface area contributed by atoms with E-state index >= 15 is 0 Å². The molecule has 0 radical (unpaired) electrons. The van der Waals surface area contributed by atoms with Crippen molar-refractivity contribution in [1.82, 2.24) is 34.7 Å². The number of pyridine rings is 1. The Bertz CT molecular complexity index is 870. The van der Waals surface area contributed by atoms with Crippen molar-refractivity contribution in [3.8, 4) is 0 Å². The average Bonchev–Trinajstić information content (AvgIpc) is 3.04. The van der Waals surface area contributed by atoms with Crippen molar-refractivity contribution in [2.75, 3.05) is 5.73 Å². The maximum Gasteiger partial charge on any atom is 0.261 e. The van der Waals surface area contributed by atoms with Gasteiger partial charge in [0.05, 0.1) is 6.04 Å². The first-order valence-corrected chi connectivity index (χ1v) is 7.45. The van der Waals surface area contributed by atoms with Crippen LogP contribution in [0.5, 0.6) is 0 Å². The summed E-state index contributed by atoms with van der Waals surface area (Å²) in [6, 6.07) is 4.43. The van der Waals surface area contributed by atoms with Crippen molar-refractivity contribution in [3.63, 3.8) is 0 Å². The third-order valence-electron chi connectivity index (χ3n) is 2.85. The second kappa shape index (κ2) is 4.79. The average molecular weight is 308 g/mol. The predicted octanol–water partition coefficient (Wildman–Crippen LogP) is -0.531. The minimum absolute atomic E-state index is 0.0750. The fourth-order valence-electron chi connectivity index (χ4n) is 1.95. The number of nitrogens with one attached hydrogen (secondary N) is 2. The highest BCUT2D eigenvalue weighted by atomic mass is 32.2. The Morgan fingerprint density at radius 3 is 2.95 bits per heavy atom. The van der Waals surface area contributed by atoms with Gasteiger partial charge in [-0.3, -0.25) is 4.40 Å². The molecule has 110 valence electrons. The van der Waals surface area contributed by atoms with Crippen LogP contribution < -0.4 is 10.5 Å². The lowest BCUT2D eigenvalue weighted by Gasteiger charge is -2.10. The summed E-state index contributed by atoms with van der Waals surface area (Å²) < 4.78 is 28.8. The topological polar surface area (TPSA) is 144 Å². The number of aromatic amines is 1. The van der Waals surface area contributed by atoms with Crippen LogP contribution in [0.3, 0.4) is 0 Å². The molecule has 0 saturated heterocycles. The quantitative estimate of drug-likeness (QED) is 0.587. The van der Waals surface area contributed by atoms with Gasteiger partial charge in [-0.2, -0.15) is 9.94 Å². The van der Waals surface area contributed by atoms with Gasteiger partial charge in [-0.15, -0.1) is 10.2 Å². The zero-order valence-corrected chi connectivity index (χ0v) is 11.7. The molecule has 1 unspecified atom stereocenters. The summed E-state index contributed by atoms with van der Waals surface area (Å²) in [4.78, 5) is 4.02. The summed E-state index contributed by atoms with van der Waals surface area (Å²) in [6.07, 6.45) is 1.58. The molecule has 0 saturated carbocycles.